The van der Waals surface area contributed by atoms with Gasteiger partial charge in [-0.3, -0.25) is 14.3 Å². The van der Waals surface area contributed by atoms with Crippen LogP contribution >= 0.6 is 12.2 Å². The van der Waals surface area contributed by atoms with Gasteiger partial charge in [-0.15, -0.1) is 0 Å². The Morgan fingerprint density at radius 2 is 1.84 bits per heavy atom. The highest BCUT2D eigenvalue weighted by Gasteiger charge is 2.25. The van der Waals surface area contributed by atoms with Gasteiger partial charge in [0, 0.05) is 38.1 Å². The van der Waals surface area contributed by atoms with Gasteiger partial charge in [-0.25, -0.2) is 0 Å². The van der Waals surface area contributed by atoms with Crippen LogP contribution in [0.2, 0.25) is 0 Å². The predicted octanol–water partition coefficient (Wildman–Crippen LogP) is 3.34. The molecule has 1 aliphatic heterocycles. The Bertz CT molecular complexity index is 757. The van der Waals surface area contributed by atoms with Crippen LogP contribution in [0.3, 0.4) is 0 Å². The van der Waals surface area contributed by atoms with Crippen molar-refractivity contribution < 1.29 is 4.79 Å². The Hall–Kier alpha value is -1.92. The number of benzene rings is 1. The Labute approximate surface area is 154 Å². The number of amides is 1. The fraction of sp³-hybridized carbons (Fsp3) is 0.474. The molecule has 0 unspecified atom stereocenters. The number of hydrogen-bond donors (Lipinski definition) is 1. The number of aromatic amines is 1. The first-order chi connectivity index (χ1) is 12.1. The number of para-hydroxylation sites is 1. The number of nitrogens with zero attached hydrogens (tertiary/aromatic N) is 3. The van der Waals surface area contributed by atoms with E-state index < -0.39 is 0 Å². The van der Waals surface area contributed by atoms with Crippen LogP contribution in [-0.4, -0.2) is 58.0 Å². The Morgan fingerprint density at radius 1 is 1.16 bits per heavy atom. The molecule has 0 radical (unpaired) electrons. The summed E-state index contributed by atoms with van der Waals surface area (Å²) < 4.78 is 2.37. The van der Waals surface area contributed by atoms with E-state index in [1.54, 1.807) is 6.20 Å². The molecule has 0 saturated carbocycles. The lowest BCUT2D eigenvalue weighted by Gasteiger charge is -2.35. The van der Waals surface area contributed by atoms with Crippen LogP contribution in [0.15, 0.2) is 36.5 Å². The van der Waals surface area contributed by atoms with Gasteiger partial charge >= 0.3 is 0 Å². The molecule has 2 heterocycles. The zero-order chi connectivity index (χ0) is 17.8. The van der Waals surface area contributed by atoms with E-state index in [2.05, 4.69) is 23.7 Å². The average molecular weight is 359 g/mol. The summed E-state index contributed by atoms with van der Waals surface area (Å²) in [6, 6.07) is 9.78. The summed E-state index contributed by atoms with van der Waals surface area (Å²) in [6.07, 6.45) is 2.93. The molecule has 1 aliphatic rings. The average Bonchev–Trinajstić information content (AvgIpc) is 3.02. The van der Waals surface area contributed by atoms with E-state index in [-0.39, 0.29) is 5.91 Å². The second kappa shape index (κ2) is 7.97. The van der Waals surface area contributed by atoms with Crippen LogP contribution in [-0.2, 0) is 0 Å². The van der Waals surface area contributed by atoms with Crippen molar-refractivity contribution >= 4 is 18.1 Å². The van der Waals surface area contributed by atoms with Gasteiger partial charge in [-0.2, -0.15) is 0 Å². The molecule has 0 aliphatic carbocycles. The maximum atomic E-state index is 13.0. The van der Waals surface area contributed by atoms with Gasteiger partial charge in [0.2, 0.25) is 0 Å². The highest BCUT2D eigenvalue weighted by atomic mass is 32.1. The molecule has 1 aromatic heterocycles. The molecule has 0 bridgehead atoms. The van der Waals surface area contributed by atoms with Crippen molar-refractivity contribution in [3.05, 3.63) is 47.0 Å². The molecule has 0 atom stereocenters. The molecule has 0 spiro atoms. The van der Waals surface area contributed by atoms with Gasteiger partial charge in [0.1, 0.15) is 5.69 Å². The highest BCUT2D eigenvalue weighted by Crippen LogP contribution is 2.16. The summed E-state index contributed by atoms with van der Waals surface area (Å²) >= 11 is 5.38. The summed E-state index contributed by atoms with van der Waals surface area (Å²) in [5, 5.41) is 0. The number of piperazine rings is 1. The molecule has 1 aromatic carbocycles. The SMILES string of the molecule is CC(C)CCN1CCN(C(=O)c2c[nH]c(=S)n2-c2ccccc2)CC1. The van der Waals surface area contributed by atoms with E-state index in [9.17, 15) is 4.79 Å². The molecule has 1 saturated heterocycles. The maximum Gasteiger partial charge on any atom is 0.272 e. The molecule has 3 rings (SSSR count). The lowest BCUT2D eigenvalue weighted by Crippen LogP contribution is -2.49. The number of H-pyrrole nitrogens is 1. The third kappa shape index (κ3) is 4.19. The van der Waals surface area contributed by atoms with E-state index in [4.69, 9.17) is 12.2 Å². The van der Waals surface area contributed by atoms with Gasteiger partial charge in [-0.1, -0.05) is 32.0 Å². The van der Waals surface area contributed by atoms with Crippen molar-refractivity contribution in [2.24, 2.45) is 5.92 Å². The Balaban J connectivity index is 1.70. The summed E-state index contributed by atoms with van der Waals surface area (Å²) in [6.45, 7) is 9.03. The number of nitrogens with one attached hydrogen (secondary N) is 1. The van der Waals surface area contributed by atoms with Crippen molar-refractivity contribution in [3.8, 4) is 5.69 Å². The van der Waals surface area contributed by atoms with Gasteiger partial charge in [0.05, 0.1) is 0 Å². The minimum absolute atomic E-state index is 0.0414. The zero-order valence-electron chi connectivity index (χ0n) is 14.9. The smallest absolute Gasteiger partial charge is 0.272 e. The second-order valence-electron chi connectivity index (χ2n) is 6.97. The van der Waals surface area contributed by atoms with Gasteiger partial charge in [0.15, 0.2) is 4.77 Å². The van der Waals surface area contributed by atoms with E-state index in [0.717, 1.165) is 44.3 Å². The van der Waals surface area contributed by atoms with E-state index >= 15 is 0 Å². The fourth-order valence-electron chi connectivity index (χ4n) is 3.14. The normalized spacial score (nSPS) is 15.7. The number of rotatable bonds is 5. The highest BCUT2D eigenvalue weighted by molar-refractivity contribution is 7.71. The monoisotopic (exact) mass is 358 g/mol. The van der Waals surface area contributed by atoms with E-state index in [1.807, 2.05) is 39.8 Å². The summed E-state index contributed by atoms with van der Waals surface area (Å²) in [7, 11) is 0. The first-order valence-corrected chi connectivity index (χ1v) is 9.34. The topological polar surface area (TPSA) is 44.3 Å². The first-order valence-electron chi connectivity index (χ1n) is 8.93. The molecule has 1 N–H and O–H groups in total. The van der Waals surface area contributed by atoms with Gasteiger partial charge in [-0.05, 0) is 43.2 Å². The second-order valence-corrected chi connectivity index (χ2v) is 7.35. The summed E-state index contributed by atoms with van der Waals surface area (Å²) in [5.41, 5.74) is 1.51. The van der Waals surface area contributed by atoms with Crippen LogP contribution in [0.5, 0.6) is 0 Å². The Kier molecular flexibility index (Phi) is 5.71. The summed E-state index contributed by atoms with van der Waals surface area (Å²) in [4.78, 5) is 20.4. The largest absolute Gasteiger partial charge is 0.336 e. The number of aromatic nitrogens is 2. The molecule has 1 amide bonds. The molecule has 2 aromatic rings. The standard InChI is InChI=1S/C19H26N4OS/c1-15(2)8-9-21-10-12-22(13-11-21)18(24)17-14-20-19(25)23(17)16-6-4-3-5-7-16/h3-7,14-15H,8-13H2,1-2H3,(H,20,25). The first kappa shape index (κ1) is 17.9. The molecule has 1 fully saturated rings. The zero-order valence-corrected chi connectivity index (χ0v) is 15.8. The number of imidazole rings is 1. The summed E-state index contributed by atoms with van der Waals surface area (Å²) in [5.74, 6) is 0.759. The van der Waals surface area contributed by atoms with E-state index in [0.29, 0.717) is 10.5 Å². The van der Waals surface area contributed by atoms with E-state index in [1.165, 1.54) is 6.42 Å². The molecule has 134 valence electrons. The van der Waals surface area contributed by atoms with Crippen molar-refractivity contribution in [1.82, 2.24) is 19.4 Å². The molecule has 5 nitrogen and oxygen atoms in total. The third-order valence-electron chi connectivity index (χ3n) is 4.69. The third-order valence-corrected chi connectivity index (χ3v) is 4.99. The van der Waals surface area contributed by atoms with Crippen LogP contribution in [0, 0.1) is 10.7 Å². The lowest BCUT2D eigenvalue weighted by molar-refractivity contribution is 0.0624. The quantitative estimate of drug-likeness (QED) is 0.834. The van der Waals surface area contributed by atoms with Crippen LogP contribution in [0.1, 0.15) is 30.8 Å². The molecular weight excluding hydrogens is 332 g/mol. The van der Waals surface area contributed by atoms with Crippen LogP contribution < -0.4 is 0 Å². The van der Waals surface area contributed by atoms with Crippen LogP contribution in [0.4, 0.5) is 0 Å². The lowest BCUT2D eigenvalue weighted by atomic mass is 10.1. The van der Waals surface area contributed by atoms with Gasteiger partial charge < -0.3 is 9.88 Å². The number of hydrogen-bond acceptors (Lipinski definition) is 3. The molecular formula is C19H26N4OS. The van der Waals surface area contributed by atoms with Crippen molar-refractivity contribution in [2.45, 2.75) is 20.3 Å². The molecule has 25 heavy (non-hydrogen) atoms. The minimum Gasteiger partial charge on any atom is -0.336 e. The Morgan fingerprint density at radius 3 is 2.48 bits per heavy atom. The molecule has 6 heteroatoms. The number of carbonyl (C=O) groups is 1. The van der Waals surface area contributed by atoms with Crippen molar-refractivity contribution in [3.63, 3.8) is 0 Å². The van der Waals surface area contributed by atoms with Crippen molar-refractivity contribution in [2.75, 3.05) is 32.7 Å². The van der Waals surface area contributed by atoms with Crippen molar-refractivity contribution in [1.29, 1.82) is 0 Å². The predicted molar refractivity (Wildman–Crippen MR) is 103 cm³/mol. The fourth-order valence-corrected chi connectivity index (χ4v) is 3.40. The van der Waals surface area contributed by atoms with Crippen LogP contribution in [0.25, 0.3) is 5.69 Å². The maximum absolute atomic E-state index is 13.0. The van der Waals surface area contributed by atoms with Gasteiger partial charge in [0.25, 0.3) is 5.91 Å². The number of carbonyl (C=O) groups excluding carboxylic acids is 1. The minimum atomic E-state index is 0.0414.